The molecule has 0 aliphatic rings. The lowest BCUT2D eigenvalue weighted by Gasteiger charge is -2.13. The van der Waals surface area contributed by atoms with Gasteiger partial charge in [0.2, 0.25) is 0 Å². The Balaban J connectivity index is 1.52. The first kappa shape index (κ1) is 19.7. The lowest BCUT2D eigenvalue weighted by molar-refractivity contribution is 0.0754. The number of thiazole rings is 1. The highest BCUT2D eigenvalue weighted by Gasteiger charge is 2.18. The quantitative estimate of drug-likeness (QED) is 0.498. The van der Waals surface area contributed by atoms with Crippen LogP contribution in [-0.2, 0) is 6.54 Å². The molecule has 0 aliphatic carbocycles. The molecule has 0 bridgehead atoms. The third-order valence-corrected chi connectivity index (χ3v) is 5.20. The number of furan rings is 1. The summed E-state index contributed by atoms with van der Waals surface area (Å²) in [7, 11) is 3.22. The molecule has 2 aromatic heterocycles. The highest BCUT2D eigenvalue weighted by atomic mass is 32.1. The summed E-state index contributed by atoms with van der Waals surface area (Å²) in [5.74, 6) is 0.208. The van der Waals surface area contributed by atoms with Crippen LogP contribution in [-0.4, -0.2) is 35.9 Å². The second-order valence-electron chi connectivity index (χ2n) is 6.66. The Morgan fingerprint density at radius 2 is 2.03 bits per heavy atom. The Labute approximate surface area is 176 Å². The first-order valence-electron chi connectivity index (χ1n) is 9.15. The molecule has 0 spiro atoms. The van der Waals surface area contributed by atoms with Crippen molar-refractivity contribution in [2.45, 2.75) is 6.54 Å². The van der Waals surface area contributed by atoms with Crippen LogP contribution < -0.4 is 10.1 Å². The third-order valence-electron chi connectivity index (χ3n) is 4.57. The first-order chi connectivity index (χ1) is 14.5. The van der Waals surface area contributed by atoms with Gasteiger partial charge in [-0.1, -0.05) is 12.1 Å². The topological polar surface area (TPSA) is 84.7 Å². The molecule has 0 fully saturated rings. The van der Waals surface area contributed by atoms with Crippen LogP contribution in [0.4, 0.5) is 5.69 Å². The molecular weight excluding hydrogens is 402 g/mol. The zero-order valence-electron chi connectivity index (χ0n) is 16.4. The van der Waals surface area contributed by atoms with Crippen molar-refractivity contribution in [2.75, 3.05) is 19.5 Å². The minimum Gasteiger partial charge on any atom is -0.496 e. The molecule has 2 amide bonds. The zero-order chi connectivity index (χ0) is 21.1. The van der Waals surface area contributed by atoms with Gasteiger partial charge in [-0.3, -0.25) is 9.59 Å². The Bertz CT molecular complexity index is 1200. The van der Waals surface area contributed by atoms with E-state index in [1.807, 2.05) is 5.38 Å². The second kappa shape index (κ2) is 8.38. The SMILES string of the molecule is COc1ccccc1C(=O)Nc1ccc2oc(C(=O)N(C)Cc3cscn3)cc2c1. The molecule has 30 heavy (non-hydrogen) atoms. The average Bonchev–Trinajstić information content (AvgIpc) is 3.42. The molecule has 7 nitrogen and oxygen atoms in total. The summed E-state index contributed by atoms with van der Waals surface area (Å²) in [6, 6.07) is 13.9. The number of anilines is 1. The maximum absolute atomic E-state index is 12.7. The number of ether oxygens (including phenoxy) is 1. The van der Waals surface area contributed by atoms with E-state index in [0.29, 0.717) is 29.1 Å². The minimum atomic E-state index is -0.283. The number of para-hydroxylation sites is 1. The van der Waals surface area contributed by atoms with Gasteiger partial charge < -0.3 is 19.4 Å². The number of amides is 2. The van der Waals surface area contributed by atoms with Crippen molar-refractivity contribution in [1.29, 1.82) is 0 Å². The Kier molecular flexibility index (Phi) is 5.49. The maximum atomic E-state index is 12.7. The highest BCUT2D eigenvalue weighted by Crippen LogP contribution is 2.25. The molecule has 8 heteroatoms. The largest absolute Gasteiger partial charge is 0.496 e. The molecule has 2 aromatic carbocycles. The normalized spacial score (nSPS) is 10.7. The van der Waals surface area contributed by atoms with Crippen LogP contribution >= 0.6 is 11.3 Å². The van der Waals surface area contributed by atoms with Gasteiger partial charge in [-0.15, -0.1) is 11.3 Å². The van der Waals surface area contributed by atoms with Crippen molar-refractivity contribution in [3.05, 3.63) is 76.4 Å². The number of nitrogens with one attached hydrogen (secondary N) is 1. The predicted molar refractivity (Wildman–Crippen MR) is 115 cm³/mol. The van der Waals surface area contributed by atoms with Crippen LogP contribution in [0.5, 0.6) is 5.75 Å². The van der Waals surface area contributed by atoms with E-state index in [1.54, 1.807) is 66.0 Å². The molecule has 0 saturated carbocycles. The van der Waals surface area contributed by atoms with E-state index >= 15 is 0 Å². The third kappa shape index (κ3) is 4.04. The van der Waals surface area contributed by atoms with Crippen molar-refractivity contribution in [3.8, 4) is 5.75 Å². The van der Waals surface area contributed by atoms with Crippen molar-refractivity contribution in [3.63, 3.8) is 0 Å². The average molecular weight is 421 g/mol. The fraction of sp³-hybridized carbons (Fsp3) is 0.136. The molecule has 4 aromatic rings. The Morgan fingerprint density at radius 3 is 2.80 bits per heavy atom. The number of hydrogen-bond acceptors (Lipinski definition) is 6. The van der Waals surface area contributed by atoms with Crippen LogP contribution in [0.25, 0.3) is 11.0 Å². The molecule has 152 valence electrons. The smallest absolute Gasteiger partial charge is 0.289 e. The summed E-state index contributed by atoms with van der Waals surface area (Å²) in [6.45, 7) is 0.402. The Morgan fingerprint density at radius 1 is 1.20 bits per heavy atom. The van der Waals surface area contributed by atoms with Gasteiger partial charge in [-0.05, 0) is 36.4 Å². The van der Waals surface area contributed by atoms with E-state index in [0.717, 1.165) is 11.1 Å². The number of carbonyl (C=O) groups is 2. The molecule has 0 radical (unpaired) electrons. The van der Waals surface area contributed by atoms with Gasteiger partial charge in [0, 0.05) is 23.5 Å². The summed E-state index contributed by atoms with van der Waals surface area (Å²) in [5, 5.41) is 5.48. The van der Waals surface area contributed by atoms with Gasteiger partial charge in [0.05, 0.1) is 30.4 Å². The van der Waals surface area contributed by atoms with Crippen molar-refractivity contribution < 1.29 is 18.7 Å². The highest BCUT2D eigenvalue weighted by molar-refractivity contribution is 7.07. The van der Waals surface area contributed by atoms with E-state index in [2.05, 4.69) is 10.3 Å². The lowest BCUT2D eigenvalue weighted by Crippen LogP contribution is -2.25. The summed E-state index contributed by atoms with van der Waals surface area (Å²) in [5.41, 5.74) is 4.15. The number of carbonyl (C=O) groups excluding carboxylic acids is 2. The fourth-order valence-electron chi connectivity index (χ4n) is 3.08. The molecule has 0 unspecified atom stereocenters. The first-order valence-corrected chi connectivity index (χ1v) is 10.1. The monoisotopic (exact) mass is 421 g/mol. The number of aromatic nitrogens is 1. The van der Waals surface area contributed by atoms with E-state index in [9.17, 15) is 9.59 Å². The number of methoxy groups -OCH3 is 1. The van der Waals surface area contributed by atoms with E-state index in [-0.39, 0.29) is 17.6 Å². The number of nitrogens with zero attached hydrogens (tertiary/aromatic N) is 2. The van der Waals surface area contributed by atoms with Crippen LogP contribution in [0.2, 0.25) is 0 Å². The van der Waals surface area contributed by atoms with E-state index in [4.69, 9.17) is 9.15 Å². The maximum Gasteiger partial charge on any atom is 0.289 e. The van der Waals surface area contributed by atoms with Gasteiger partial charge in [0.15, 0.2) is 5.76 Å². The molecular formula is C22H19N3O4S. The molecule has 0 aliphatic heterocycles. The summed E-state index contributed by atoms with van der Waals surface area (Å²) >= 11 is 1.49. The Hall–Kier alpha value is -3.65. The lowest BCUT2D eigenvalue weighted by atomic mass is 10.1. The van der Waals surface area contributed by atoms with Crippen LogP contribution in [0.3, 0.4) is 0 Å². The van der Waals surface area contributed by atoms with Crippen LogP contribution in [0.1, 0.15) is 26.6 Å². The minimum absolute atomic E-state index is 0.232. The van der Waals surface area contributed by atoms with Gasteiger partial charge >= 0.3 is 0 Å². The second-order valence-corrected chi connectivity index (χ2v) is 7.38. The van der Waals surface area contributed by atoms with Gasteiger partial charge in [0.1, 0.15) is 11.3 Å². The molecule has 2 heterocycles. The fourth-order valence-corrected chi connectivity index (χ4v) is 3.63. The molecule has 1 N–H and O–H groups in total. The van der Waals surface area contributed by atoms with E-state index < -0.39 is 0 Å². The van der Waals surface area contributed by atoms with Crippen molar-refractivity contribution in [2.24, 2.45) is 0 Å². The summed E-state index contributed by atoms with van der Waals surface area (Å²) in [4.78, 5) is 31.0. The molecule has 4 rings (SSSR count). The van der Waals surface area contributed by atoms with E-state index in [1.165, 1.54) is 18.4 Å². The van der Waals surface area contributed by atoms with Crippen LogP contribution in [0, 0.1) is 0 Å². The standard InChI is InChI=1S/C22H19N3O4S/c1-25(11-16-12-30-13-23-16)22(27)20-10-14-9-15(7-8-18(14)29-20)24-21(26)17-5-3-4-6-19(17)28-2/h3-10,12-13H,11H2,1-2H3,(H,24,26). The van der Waals surface area contributed by atoms with Crippen molar-refractivity contribution >= 4 is 39.8 Å². The van der Waals surface area contributed by atoms with Crippen molar-refractivity contribution in [1.82, 2.24) is 9.88 Å². The molecule has 0 saturated heterocycles. The summed E-state index contributed by atoms with van der Waals surface area (Å²) in [6.07, 6.45) is 0. The number of rotatable bonds is 6. The number of fused-ring (bicyclic) bond motifs is 1. The summed E-state index contributed by atoms with van der Waals surface area (Å²) < 4.78 is 11.0. The van der Waals surface area contributed by atoms with Gasteiger partial charge in [-0.25, -0.2) is 4.98 Å². The predicted octanol–water partition coefficient (Wildman–Crippen LogP) is 4.42. The number of benzene rings is 2. The van der Waals surface area contributed by atoms with Crippen LogP contribution in [0.15, 0.2) is 63.8 Å². The van der Waals surface area contributed by atoms with Gasteiger partial charge in [-0.2, -0.15) is 0 Å². The molecule has 0 atom stereocenters. The number of hydrogen-bond donors (Lipinski definition) is 1. The zero-order valence-corrected chi connectivity index (χ0v) is 17.2. The van der Waals surface area contributed by atoms with Gasteiger partial charge in [0.25, 0.3) is 11.8 Å².